The van der Waals surface area contributed by atoms with E-state index in [9.17, 15) is 14.4 Å². The molecule has 0 aliphatic carbocycles. The van der Waals surface area contributed by atoms with Crippen molar-refractivity contribution in [3.05, 3.63) is 25.3 Å². The van der Waals surface area contributed by atoms with Crippen LogP contribution in [0.4, 0.5) is 4.79 Å². The van der Waals surface area contributed by atoms with Gasteiger partial charge in [-0.15, -0.1) is 0 Å². The summed E-state index contributed by atoms with van der Waals surface area (Å²) in [4.78, 5) is 36.0. The van der Waals surface area contributed by atoms with Gasteiger partial charge in [0.1, 0.15) is 25.3 Å². The number of rotatable bonds is 12. The van der Waals surface area contributed by atoms with E-state index in [1.54, 1.807) is 0 Å². The first kappa shape index (κ1) is 21.7. The second kappa shape index (κ2) is 13.2. The van der Waals surface area contributed by atoms with Crippen LogP contribution in [0, 0.1) is 0 Å². The summed E-state index contributed by atoms with van der Waals surface area (Å²) in [6.07, 6.45) is 4.43. The molecule has 7 nitrogen and oxygen atoms in total. The average molecular weight is 340 g/mol. The molecule has 136 valence electrons. The summed E-state index contributed by atoms with van der Waals surface area (Å²) >= 11 is 0. The van der Waals surface area contributed by atoms with Crippen LogP contribution < -0.4 is 10.6 Å². The maximum absolute atomic E-state index is 12.4. The molecule has 2 amide bonds. The van der Waals surface area contributed by atoms with E-state index < -0.39 is 30.1 Å². The van der Waals surface area contributed by atoms with Gasteiger partial charge >= 0.3 is 12.1 Å². The second-order valence-electron chi connectivity index (χ2n) is 5.14. The first-order chi connectivity index (χ1) is 11.5. The molecule has 0 aromatic heterocycles. The van der Waals surface area contributed by atoms with Gasteiger partial charge in [-0.1, -0.05) is 52.0 Å². The first-order valence-electron chi connectivity index (χ1n) is 8.12. The van der Waals surface area contributed by atoms with Gasteiger partial charge < -0.3 is 20.1 Å². The van der Waals surface area contributed by atoms with Crippen LogP contribution in [0.5, 0.6) is 0 Å². The van der Waals surface area contributed by atoms with E-state index in [0.29, 0.717) is 25.7 Å². The van der Waals surface area contributed by atoms with Crippen LogP contribution in [0.15, 0.2) is 25.3 Å². The SMILES string of the molecule is C=CCOC(=O)NC(CCC)C(=O)NC(CCC)C(=O)OCC=C. The fourth-order valence-corrected chi connectivity index (χ4v) is 1.93. The van der Waals surface area contributed by atoms with Gasteiger partial charge in [-0.3, -0.25) is 4.79 Å². The van der Waals surface area contributed by atoms with Crippen LogP contribution >= 0.6 is 0 Å². The summed E-state index contributed by atoms with van der Waals surface area (Å²) in [6, 6.07) is -1.54. The molecule has 0 bridgehead atoms. The summed E-state index contributed by atoms with van der Waals surface area (Å²) in [7, 11) is 0. The molecule has 0 fully saturated rings. The Hall–Kier alpha value is -2.31. The fraction of sp³-hybridized carbons (Fsp3) is 0.588. The molecule has 2 N–H and O–H groups in total. The van der Waals surface area contributed by atoms with Crippen molar-refractivity contribution in [1.82, 2.24) is 10.6 Å². The summed E-state index contributed by atoms with van der Waals surface area (Å²) in [5.41, 5.74) is 0. The highest BCUT2D eigenvalue weighted by Crippen LogP contribution is 2.04. The highest BCUT2D eigenvalue weighted by Gasteiger charge is 2.26. The Kier molecular flexibility index (Phi) is 11.9. The lowest BCUT2D eigenvalue weighted by molar-refractivity contribution is -0.147. The van der Waals surface area contributed by atoms with Gasteiger partial charge in [0, 0.05) is 0 Å². The zero-order valence-electron chi connectivity index (χ0n) is 14.5. The fourth-order valence-electron chi connectivity index (χ4n) is 1.93. The lowest BCUT2D eigenvalue weighted by Gasteiger charge is -2.21. The number of carbonyl (C=O) groups is 3. The van der Waals surface area contributed by atoms with E-state index in [4.69, 9.17) is 9.47 Å². The lowest BCUT2D eigenvalue weighted by atomic mass is 10.1. The van der Waals surface area contributed by atoms with Crippen molar-refractivity contribution in [1.29, 1.82) is 0 Å². The molecule has 2 atom stereocenters. The minimum Gasteiger partial charge on any atom is -0.460 e. The largest absolute Gasteiger partial charge is 0.460 e. The third-order valence-corrected chi connectivity index (χ3v) is 3.04. The number of hydrogen-bond acceptors (Lipinski definition) is 5. The standard InChI is InChI=1S/C17H28N2O5/c1-5-9-13(19-17(22)24-12-8-4)15(20)18-14(10-6-2)16(21)23-11-7-3/h7-8,13-14H,3-6,9-12H2,1-2H3,(H,18,20)(H,19,22). The Morgan fingerprint density at radius 1 is 0.917 bits per heavy atom. The molecular weight excluding hydrogens is 312 g/mol. The topological polar surface area (TPSA) is 93.7 Å². The average Bonchev–Trinajstić information content (AvgIpc) is 2.56. The quantitative estimate of drug-likeness (QED) is 0.419. The maximum atomic E-state index is 12.4. The Labute approximate surface area is 143 Å². The van der Waals surface area contributed by atoms with E-state index in [1.165, 1.54) is 12.2 Å². The van der Waals surface area contributed by atoms with Gasteiger partial charge in [0.05, 0.1) is 0 Å². The van der Waals surface area contributed by atoms with Gasteiger partial charge in [0.25, 0.3) is 0 Å². The molecule has 0 heterocycles. The molecular formula is C17H28N2O5. The first-order valence-corrected chi connectivity index (χ1v) is 8.12. The van der Waals surface area contributed by atoms with Crippen LogP contribution in [-0.2, 0) is 19.1 Å². The van der Waals surface area contributed by atoms with E-state index in [1.807, 2.05) is 13.8 Å². The van der Waals surface area contributed by atoms with E-state index in [2.05, 4.69) is 23.8 Å². The molecule has 0 saturated carbocycles. The highest BCUT2D eigenvalue weighted by molar-refractivity contribution is 5.89. The van der Waals surface area contributed by atoms with Crippen molar-refractivity contribution in [3.63, 3.8) is 0 Å². The van der Waals surface area contributed by atoms with Crippen molar-refractivity contribution >= 4 is 18.0 Å². The molecule has 7 heteroatoms. The zero-order valence-corrected chi connectivity index (χ0v) is 14.5. The molecule has 0 aliphatic rings. The monoisotopic (exact) mass is 340 g/mol. The molecule has 24 heavy (non-hydrogen) atoms. The summed E-state index contributed by atoms with van der Waals surface area (Å²) in [5.74, 6) is -0.962. The van der Waals surface area contributed by atoms with E-state index in [0.717, 1.165) is 0 Å². The van der Waals surface area contributed by atoms with Crippen LogP contribution in [0.1, 0.15) is 39.5 Å². The van der Waals surface area contributed by atoms with Gasteiger partial charge in [0.15, 0.2) is 0 Å². The summed E-state index contributed by atoms with van der Waals surface area (Å²) in [6.45, 7) is 10.8. The van der Waals surface area contributed by atoms with Crippen molar-refractivity contribution in [2.24, 2.45) is 0 Å². The number of ether oxygens (including phenoxy) is 2. The van der Waals surface area contributed by atoms with Crippen LogP contribution in [0.2, 0.25) is 0 Å². The molecule has 0 rings (SSSR count). The van der Waals surface area contributed by atoms with Crippen molar-refractivity contribution in [2.45, 2.75) is 51.6 Å². The Balaban J connectivity index is 4.78. The summed E-state index contributed by atoms with van der Waals surface area (Å²) < 4.78 is 9.81. The number of carbonyl (C=O) groups excluding carboxylic acids is 3. The minimum atomic E-state index is -0.779. The van der Waals surface area contributed by atoms with Gasteiger partial charge in [-0.25, -0.2) is 9.59 Å². The van der Waals surface area contributed by atoms with Crippen molar-refractivity contribution in [3.8, 4) is 0 Å². The van der Waals surface area contributed by atoms with Crippen molar-refractivity contribution < 1.29 is 23.9 Å². The minimum absolute atomic E-state index is 0.0542. The molecule has 0 aromatic carbocycles. The molecule has 0 spiro atoms. The van der Waals surface area contributed by atoms with Crippen LogP contribution in [-0.4, -0.2) is 43.3 Å². The third kappa shape index (κ3) is 8.97. The smallest absolute Gasteiger partial charge is 0.408 e. The molecule has 0 aliphatic heterocycles. The predicted molar refractivity (Wildman–Crippen MR) is 91.4 cm³/mol. The van der Waals surface area contributed by atoms with Crippen molar-refractivity contribution in [2.75, 3.05) is 13.2 Å². The molecule has 2 unspecified atom stereocenters. The highest BCUT2D eigenvalue weighted by atomic mass is 16.5. The Morgan fingerprint density at radius 3 is 2.00 bits per heavy atom. The van der Waals surface area contributed by atoms with Crippen LogP contribution in [0.25, 0.3) is 0 Å². The lowest BCUT2D eigenvalue weighted by Crippen LogP contribution is -2.52. The van der Waals surface area contributed by atoms with Gasteiger partial charge in [0.2, 0.25) is 5.91 Å². The molecule has 0 aromatic rings. The van der Waals surface area contributed by atoms with E-state index >= 15 is 0 Å². The number of hydrogen-bond donors (Lipinski definition) is 2. The maximum Gasteiger partial charge on any atom is 0.408 e. The van der Waals surface area contributed by atoms with Gasteiger partial charge in [-0.2, -0.15) is 0 Å². The molecule has 0 radical (unpaired) electrons. The predicted octanol–water partition coefficient (Wildman–Crippen LogP) is 2.08. The third-order valence-electron chi connectivity index (χ3n) is 3.04. The zero-order chi connectivity index (χ0) is 18.4. The van der Waals surface area contributed by atoms with Crippen LogP contribution in [0.3, 0.4) is 0 Å². The van der Waals surface area contributed by atoms with Gasteiger partial charge in [-0.05, 0) is 12.8 Å². The number of esters is 1. The number of amides is 2. The Morgan fingerprint density at radius 2 is 1.46 bits per heavy atom. The Bertz CT molecular complexity index is 437. The second-order valence-corrected chi connectivity index (χ2v) is 5.14. The normalized spacial score (nSPS) is 12.4. The summed E-state index contributed by atoms with van der Waals surface area (Å²) in [5, 5.41) is 5.13. The number of alkyl carbamates (subject to hydrolysis) is 1. The molecule has 0 saturated heterocycles. The van der Waals surface area contributed by atoms with E-state index in [-0.39, 0.29) is 13.2 Å². The number of nitrogens with one attached hydrogen (secondary N) is 2.